The van der Waals surface area contributed by atoms with Crippen molar-refractivity contribution >= 4 is 60.8 Å². The van der Waals surface area contributed by atoms with Crippen molar-refractivity contribution in [1.82, 2.24) is 0 Å². The SMILES string of the molecule is COc1cc(Cl)c(C)cc1NC(=O)COC(=O)c1ccccc1NS(=O)(=O)c1ccc(Br)cc1. The van der Waals surface area contributed by atoms with Crippen LogP contribution in [0.1, 0.15) is 15.9 Å². The number of hydrogen-bond acceptors (Lipinski definition) is 6. The van der Waals surface area contributed by atoms with E-state index in [1.165, 1.54) is 31.4 Å². The summed E-state index contributed by atoms with van der Waals surface area (Å²) in [6.45, 7) is 1.17. The third kappa shape index (κ3) is 6.28. The molecule has 34 heavy (non-hydrogen) atoms. The van der Waals surface area contributed by atoms with Gasteiger partial charge in [0.2, 0.25) is 0 Å². The van der Waals surface area contributed by atoms with Gasteiger partial charge >= 0.3 is 5.97 Å². The minimum absolute atomic E-state index is 0.0189. The van der Waals surface area contributed by atoms with Gasteiger partial charge in [0.15, 0.2) is 6.61 Å². The number of carbonyl (C=O) groups is 2. The average molecular weight is 568 g/mol. The van der Waals surface area contributed by atoms with Crippen molar-refractivity contribution in [1.29, 1.82) is 0 Å². The lowest BCUT2D eigenvalue weighted by atomic mass is 10.2. The molecule has 0 unspecified atom stereocenters. The standard InChI is InChI=1S/C23H20BrClN2O6S/c1-14-11-20(21(32-2)12-18(14)25)26-22(28)13-33-23(29)17-5-3-4-6-19(17)27-34(30,31)16-9-7-15(24)8-10-16/h3-12,27H,13H2,1-2H3,(H,26,28). The molecular weight excluding hydrogens is 548 g/mol. The summed E-state index contributed by atoms with van der Waals surface area (Å²) >= 11 is 9.32. The largest absolute Gasteiger partial charge is 0.495 e. The first-order chi connectivity index (χ1) is 16.1. The van der Waals surface area contributed by atoms with Crippen molar-refractivity contribution in [2.24, 2.45) is 0 Å². The molecule has 3 aromatic rings. The van der Waals surface area contributed by atoms with Gasteiger partial charge in [-0.3, -0.25) is 9.52 Å². The van der Waals surface area contributed by atoms with E-state index in [0.717, 1.165) is 10.0 Å². The van der Waals surface area contributed by atoms with Gasteiger partial charge < -0.3 is 14.8 Å². The second-order valence-corrected chi connectivity index (χ2v) is 10.0. The molecule has 0 heterocycles. The first-order valence-electron chi connectivity index (χ1n) is 9.79. The molecule has 0 aliphatic rings. The normalized spacial score (nSPS) is 10.9. The number of amides is 1. The monoisotopic (exact) mass is 566 g/mol. The summed E-state index contributed by atoms with van der Waals surface area (Å²) in [7, 11) is -2.52. The Morgan fingerprint density at radius 3 is 2.38 bits per heavy atom. The predicted molar refractivity (Wildman–Crippen MR) is 133 cm³/mol. The van der Waals surface area contributed by atoms with E-state index in [0.29, 0.717) is 16.5 Å². The molecule has 1 amide bonds. The van der Waals surface area contributed by atoms with Gasteiger partial charge in [-0.1, -0.05) is 39.7 Å². The number of carbonyl (C=O) groups excluding carboxylic acids is 2. The molecule has 0 saturated heterocycles. The molecule has 0 bridgehead atoms. The molecule has 3 aromatic carbocycles. The van der Waals surface area contributed by atoms with Crippen LogP contribution in [0.2, 0.25) is 5.02 Å². The van der Waals surface area contributed by atoms with E-state index in [2.05, 4.69) is 26.0 Å². The smallest absolute Gasteiger partial charge is 0.340 e. The third-order valence-corrected chi connectivity index (χ3v) is 6.92. The number of rotatable bonds is 8. The van der Waals surface area contributed by atoms with Crippen LogP contribution < -0.4 is 14.8 Å². The average Bonchev–Trinajstić information content (AvgIpc) is 2.80. The van der Waals surface area contributed by atoms with Gasteiger partial charge in [0.05, 0.1) is 28.9 Å². The molecule has 0 aliphatic carbocycles. The molecule has 11 heteroatoms. The molecule has 3 rings (SSSR count). The summed E-state index contributed by atoms with van der Waals surface area (Å²) in [5.41, 5.74) is 1.07. The fourth-order valence-electron chi connectivity index (χ4n) is 2.89. The number of anilines is 2. The molecule has 0 fully saturated rings. The zero-order valence-corrected chi connectivity index (χ0v) is 21.3. The quantitative estimate of drug-likeness (QED) is 0.370. The number of para-hydroxylation sites is 1. The zero-order chi connectivity index (χ0) is 24.9. The highest BCUT2D eigenvalue weighted by molar-refractivity contribution is 9.10. The highest BCUT2D eigenvalue weighted by Gasteiger charge is 2.20. The van der Waals surface area contributed by atoms with E-state index < -0.39 is 28.5 Å². The minimum atomic E-state index is -3.96. The van der Waals surface area contributed by atoms with Crippen LogP contribution >= 0.6 is 27.5 Å². The maximum Gasteiger partial charge on any atom is 0.340 e. The van der Waals surface area contributed by atoms with Gasteiger partial charge in [-0.25, -0.2) is 13.2 Å². The van der Waals surface area contributed by atoms with Gasteiger partial charge in [-0.15, -0.1) is 0 Å². The number of aryl methyl sites for hydroxylation is 1. The second-order valence-electron chi connectivity index (χ2n) is 7.03. The second kappa shape index (κ2) is 10.9. The number of nitrogens with one attached hydrogen (secondary N) is 2. The molecule has 0 radical (unpaired) electrons. The molecule has 178 valence electrons. The van der Waals surface area contributed by atoms with E-state index in [4.69, 9.17) is 21.1 Å². The lowest BCUT2D eigenvalue weighted by molar-refractivity contribution is -0.119. The summed E-state index contributed by atoms with van der Waals surface area (Å²) in [5, 5.41) is 3.08. The highest BCUT2D eigenvalue weighted by Crippen LogP contribution is 2.31. The summed E-state index contributed by atoms with van der Waals surface area (Å²) in [4.78, 5) is 25.0. The van der Waals surface area contributed by atoms with E-state index >= 15 is 0 Å². The molecule has 0 aromatic heterocycles. The summed E-state index contributed by atoms with van der Waals surface area (Å²) in [5.74, 6) is -1.13. The van der Waals surface area contributed by atoms with Crippen LogP contribution in [-0.2, 0) is 19.6 Å². The van der Waals surface area contributed by atoms with Crippen LogP contribution in [0.4, 0.5) is 11.4 Å². The van der Waals surface area contributed by atoms with Crippen molar-refractivity contribution in [3.63, 3.8) is 0 Å². The van der Waals surface area contributed by atoms with Gasteiger partial charge in [-0.05, 0) is 55.0 Å². The molecular formula is C23H20BrClN2O6S. The van der Waals surface area contributed by atoms with Crippen molar-refractivity contribution in [3.8, 4) is 5.75 Å². The fraction of sp³-hybridized carbons (Fsp3) is 0.130. The molecule has 8 nitrogen and oxygen atoms in total. The van der Waals surface area contributed by atoms with Gasteiger partial charge in [0.25, 0.3) is 15.9 Å². The number of ether oxygens (including phenoxy) is 2. The van der Waals surface area contributed by atoms with Gasteiger partial charge in [-0.2, -0.15) is 0 Å². The lowest BCUT2D eigenvalue weighted by Gasteiger charge is -2.14. The number of esters is 1. The Morgan fingerprint density at radius 1 is 1.03 bits per heavy atom. The number of sulfonamides is 1. The third-order valence-electron chi connectivity index (χ3n) is 4.60. The Labute approximate surface area is 210 Å². The Kier molecular flexibility index (Phi) is 8.19. The van der Waals surface area contributed by atoms with E-state index in [-0.39, 0.29) is 16.1 Å². The molecule has 0 saturated carbocycles. The molecule has 2 N–H and O–H groups in total. The Bertz CT molecular complexity index is 1330. The summed E-state index contributed by atoms with van der Waals surface area (Å²) in [6, 6.07) is 15.1. The number of halogens is 2. The van der Waals surface area contributed by atoms with E-state index in [1.807, 2.05) is 0 Å². The first-order valence-corrected chi connectivity index (χ1v) is 12.4. The Balaban J connectivity index is 1.70. The van der Waals surface area contributed by atoms with Gasteiger partial charge in [0, 0.05) is 15.6 Å². The minimum Gasteiger partial charge on any atom is -0.495 e. The predicted octanol–water partition coefficient (Wildman–Crippen LogP) is 5.02. The zero-order valence-electron chi connectivity index (χ0n) is 18.1. The van der Waals surface area contributed by atoms with Crippen LogP contribution in [0, 0.1) is 6.92 Å². The Hall–Kier alpha value is -3.08. The summed E-state index contributed by atoms with van der Waals surface area (Å²) < 4.78 is 38.8. The van der Waals surface area contributed by atoms with Crippen LogP contribution in [0.25, 0.3) is 0 Å². The van der Waals surface area contributed by atoms with E-state index in [1.54, 1.807) is 43.3 Å². The van der Waals surface area contributed by atoms with Crippen LogP contribution in [0.3, 0.4) is 0 Å². The maximum atomic E-state index is 12.7. The number of hydrogen-bond donors (Lipinski definition) is 2. The van der Waals surface area contributed by atoms with E-state index in [9.17, 15) is 18.0 Å². The van der Waals surface area contributed by atoms with Crippen molar-refractivity contribution in [3.05, 3.63) is 81.3 Å². The van der Waals surface area contributed by atoms with Crippen molar-refractivity contribution < 1.29 is 27.5 Å². The van der Waals surface area contributed by atoms with Crippen molar-refractivity contribution in [2.45, 2.75) is 11.8 Å². The van der Waals surface area contributed by atoms with Crippen LogP contribution in [0.5, 0.6) is 5.75 Å². The van der Waals surface area contributed by atoms with Gasteiger partial charge in [0.1, 0.15) is 5.75 Å². The topological polar surface area (TPSA) is 111 Å². The lowest BCUT2D eigenvalue weighted by Crippen LogP contribution is -2.22. The summed E-state index contributed by atoms with van der Waals surface area (Å²) in [6.07, 6.45) is 0. The maximum absolute atomic E-state index is 12.7. The molecule has 0 aliphatic heterocycles. The highest BCUT2D eigenvalue weighted by atomic mass is 79.9. The number of methoxy groups -OCH3 is 1. The van der Waals surface area contributed by atoms with Crippen LogP contribution in [0.15, 0.2) is 70.0 Å². The number of benzene rings is 3. The Morgan fingerprint density at radius 2 is 1.71 bits per heavy atom. The van der Waals surface area contributed by atoms with Crippen molar-refractivity contribution in [2.75, 3.05) is 23.8 Å². The van der Waals surface area contributed by atoms with Crippen LogP contribution in [-0.4, -0.2) is 34.0 Å². The molecule has 0 spiro atoms. The molecule has 0 atom stereocenters. The fourth-order valence-corrected chi connectivity index (χ4v) is 4.39. The first kappa shape index (κ1) is 25.5.